The van der Waals surface area contributed by atoms with Crippen molar-refractivity contribution < 1.29 is 0 Å². The van der Waals surface area contributed by atoms with Crippen molar-refractivity contribution in [3.8, 4) is 0 Å². The quantitative estimate of drug-likeness (QED) is 0.494. The lowest BCUT2D eigenvalue weighted by atomic mass is 10.0. The van der Waals surface area contributed by atoms with Crippen LogP contribution in [-0.2, 0) is 0 Å². The Balaban J connectivity index is 2.75. The first-order valence-electron chi connectivity index (χ1n) is 3.10. The van der Waals surface area contributed by atoms with Crippen LogP contribution in [0, 0.1) is 0 Å². The molecule has 0 saturated carbocycles. The lowest BCUT2D eigenvalue weighted by Gasteiger charge is -2.12. The van der Waals surface area contributed by atoms with Gasteiger partial charge in [-0.05, 0) is 18.9 Å². The Morgan fingerprint density at radius 2 is 2.33 bits per heavy atom. The Kier molecular flexibility index (Phi) is 1.58. The molecule has 0 amide bonds. The van der Waals surface area contributed by atoms with Gasteiger partial charge in [-0.2, -0.15) is 0 Å². The van der Waals surface area contributed by atoms with E-state index in [0.29, 0.717) is 0 Å². The van der Waals surface area contributed by atoms with E-state index in [2.05, 4.69) is 0 Å². The molecule has 9 heavy (non-hydrogen) atoms. The zero-order valence-corrected chi connectivity index (χ0v) is 5.59. The highest BCUT2D eigenvalue weighted by atomic mass is 14.6. The number of nitrogens with two attached hydrogens (primary N) is 2. The molecular formula is C7H12N2. The minimum atomic E-state index is 0.178. The van der Waals surface area contributed by atoms with Gasteiger partial charge in [-0.15, -0.1) is 0 Å². The van der Waals surface area contributed by atoms with Crippen LogP contribution in [0.5, 0.6) is 0 Å². The molecule has 0 bridgehead atoms. The van der Waals surface area contributed by atoms with Crippen LogP contribution < -0.4 is 11.5 Å². The average Bonchev–Trinajstić information content (AvgIpc) is 1.80. The third kappa shape index (κ3) is 1.33. The summed E-state index contributed by atoms with van der Waals surface area (Å²) in [6, 6.07) is 0.178. The van der Waals surface area contributed by atoms with E-state index in [1.165, 1.54) is 0 Å². The van der Waals surface area contributed by atoms with E-state index in [1.807, 2.05) is 19.1 Å². The maximum Gasteiger partial charge on any atom is 0.0301 e. The smallest absolute Gasteiger partial charge is 0.0301 e. The van der Waals surface area contributed by atoms with E-state index in [9.17, 15) is 0 Å². The Bertz CT molecular complexity index is 168. The molecule has 0 fully saturated rings. The monoisotopic (exact) mass is 124 g/mol. The van der Waals surface area contributed by atoms with Gasteiger partial charge in [0.25, 0.3) is 0 Å². The molecule has 0 spiro atoms. The zero-order chi connectivity index (χ0) is 6.85. The molecule has 0 heterocycles. The van der Waals surface area contributed by atoms with Crippen molar-refractivity contribution in [2.45, 2.75) is 19.4 Å². The SMILES string of the molecule is CC1=CC(N)CC=C1N. The van der Waals surface area contributed by atoms with Gasteiger partial charge in [0.2, 0.25) is 0 Å². The van der Waals surface area contributed by atoms with Crippen LogP contribution in [0.4, 0.5) is 0 Å². The van der Waals surface area contributed by atoms with Gasteiger partial charge >= 0.3 is 0 Å². The fourth-order valence-corrected chi connectivity index (χ4v) is 0.909. The average molecular weight is 124 g/mol. The van der Waals surface area contributed by atoms with E-state index < -0.39 is 0 Å². The fraction of sp³-hybridized carbons (Fsp3) is 0.429. The highest BCUT2D eigenvalue weighted by molar-refractivity contribution is 5.31. The summed E-state index contributed by atoms with van der Waals surface area (Å²) in [5, 5.41) is 0. The van der Waals surface area contributed by atoms with Crippen molar-refractivity contribution in [3.05, 3.63) is 23.4 Å². The predicted molar refractivity (Wildman–Crippen MR) is 38.6 cm³/mol. The van der Waals surface area contributed by atoms with Crippen molar-refractivity contribution in [2.24, 2.45) is 11.5 Å². The molecule has 0 radical (unpaired) electrons. The normalized spacial score (nSPS) is 27.1. The molecule has 1 unspecified atom stereocenters. The van der Waals surface area contributed by atoms with Gasteiger partial charge in [0.05, 0.1) is 0 Å². The molecule has 2 heteroatoms. The van der Waals surface area contributed by atoms with Crippen LogP contribution in [-0.4, -0.2) is 6.04 Å². The Morgan fingerprint density at radius 1 is 1.67 bits per heavy atom. The fourth-order valence-electron chi connectivity index (χ4n) is 0.909. The van der Waals surface area contributed by atoms with Crippen molar-refractivity contribution >= 4 is 0 Å². The molecule has 2 nitrogen and oxygen atoms in total. The first kappa shape index (κ1) is 6.36. The maximum absolute atomic E-state index is 5.61. The highest BCUT2D eigenvalue weighted by Crippen LogP contribution is 2.11. The second kappa shape index (κ2) is 2.23. The van der Waals surface area contributed by atoms with E-state index in [4.69, 9.17) is 11.5 Å². The Hall–Kier alpha value is -0.760. The summed E-state index contributed by atoms with van der Waals surface area (Å²) in [7, 11) is 0. The minimum Gasteiger partial charge on any atom is -0.399 e. The summed E-state index contributed by atoms with van der Waals surface area (Å²) >= 11 is 0. The lowest BCUT2D eigenvalue weighted by Crippen LogP contribution is -2.20. The number of rotatable bonds is 0. The van der Waals surface area contributed by atoms with Crippen molar-refractivity contribution in [3.63, 3.8) is 0 Å². The van der Waals surface area contributed by atoms with Crippen LogP contribution >= 0.6 is 0 Å². The molecule has 0 aromatic carbocycles. The largest absolute Gasteiger partial charge is 0.399 e. The highest BCUT2D eigenvalue weighted by Gasteiger charge is 2.04. The van der Waals surface area contributed by atoms with Gasteiger partial charge in [-0.25, -0.2) is 0 Å². The lowest BCUT2D eigenvalue weighted by molar-refractivity contribution is 0.805. The molecule has 1 atom stereocenters. The van der Waals surface area contributed by atoms with Crippen LogP contribution in [0.1, 0.15) is 13.3 Å². The van der Waals surface area contributed by atoms with Gasteiger partial charge in [0.15, 0.2) is 0 Å². The van der Waals surface area contributed by atoms with Gasteiger partial charge in [0.1, 0.15) is 0 Å². The molecule has 0 aromatic heterocycles. The summed E-state index contributed by atoms with van der Waals surface area (Å²) in [6.45, 7) is 1.98. The predicted octanol–water partition coefficient (Wildman–Crippen LogP) is 0.506. The maximum atomic E-state index is 5.61. The van der Waals surface area contributed by atoms with Crippen LogP contribution in [0.3, 0.4) is 0 Å². The molecule has 1 aliphatic rings. The second-order valence-electron chi connectivity index (χ2n) is 2.41. The molecule has 0 saturated heterocycles. The molecule has 1 rings (SSSR count). The van der Waals surface area contributed by atoms with Crippen molar-refractivity contribution in [2.75, 3.05) is 0 Å². The topological polar surface area (TPSA) is 52.0 Å². The van der Waals surface area contributed by atoms with Crippen LogP contribution in [0.25, 0.3) is 0 Å². The third-order valence-corrected chi connectivity index (χ3v) is 1.53. The number of allylic oxidation sites excluding steroid dienone is 1. The first-order chi connectivity index (χ1) is 4.20. The van der Waals surface area contributed by atoms with Crippen molar-refractivity contribution in [1.82, 2.24) is 0 Å². The molecule has 0 aromatic rings. The van der Waals surface area contributed by atoms with Crippen LogP contribution in [0.2, 0.25) is 0 Å². The van der Waals surface area contributed by atoms with E-state index in [-0.39, 0.29) is 6.04 Å². The summed E-state index contributed by atoms with van der Waals surface area (Å²) in [5.74, 6) is 0. The minimum absolute atomic E-state index is 0.178. The Morgan fingerprint density at radius 3 is 2.78 bits per heavy atom. The van der Waals surface area contributed by atoms with Gasteiger partial charge in [-0.3, -0.25) is 0 Å². The Labute approximate surface area is 55.2 Å². The van der Waals surface area contributed by atoms with Crippen LogP contribution in [0.15, 0.2) is 23.4 Å². The second-order valence-corrected chi connectivity index (χ2v) is 2.41. The summed E-state index contributed by atoms with van der Waals surface area (Å²) in [4.78, 5) is 0. The first-order valence-corrected chi connectivity index (χ1v) is 3.10. The molecule has 1 aliphatic carbocycles. The van der Waals surface area contributed by atoms with Gasteiger partial charge in [-0.1, -0.05) is 12.2 Å². The molecular weight excluding hydrogens is 112 g/mol. The van der Waals surface area contributed by atoms with Gasteiger partial charge < -0.3 is 11.5 Å². The summed E-state index contributed by atoms with van der Waals surface area (Å²) < 4.78 is 0. The third-order valence-electron chi connectivity index (χ3n) is 1.53. The van der Waals surface area contributed by atoms with Crippen molar-refractivity contribution in [1.29, 1.82) is 0 Å². The van der Waals surface area contributed by atoms with E-state index >= 15 is 0 Å². The zero-order valence-electron chi connectivity index (χ0n) is 5.59. The molecule has 0 aliphatic heterocycles. The molecule has 50 valence electrons. The summed E-state index contributed by atoms with van der Waals surface area (Å²) in [6.07, 6.45) is 4.85. The van der Waals surface area contributed by atoms with Gasteiger partial charge in [0, 0.05) is 11.7 Å². The van der Waals surface area contributed by atoms with E-state index in [1.54, 1.807) is 0 Å². The molecule has 4 N–H and O–H groups in total. The standard InChI is InChI=1S/C7H12N2/c1-5-4-6(8)2-3-7(5)9/h3-4,6H,2,8-9H2,1H3. The number of hydrogen-bond acceptors (Lipinski definition) is 2. The summed E-state index contributed by atoms with van der Waals surface area (Å²) in [5.41, 5.74) is 13.2. The number of hydrogen-bond donors (Lipinski definition) is 2. The van der Waals surface area contributed by atoms with E-state index in [0.717, 1.165) is 17.7 Å².